The zero-order valence-electron chi connectivity index (χ0n) is 11.4. The quantitative estimate of drug-likeness (QED) is 0.864. The number of nitrogens with zero attached hydrogens (tertiary/aromatic N) is 2. The zero-order chi connectivity index (χ0) is 13.5. The molecule has 2 rings (SSSR count). The van der Waals surface area contributed by atoms with Crippen LogP contribution in [0.5, 0.6) is 11.8 Å². The summed E-state index contributed by atoms with van der Waals surface area (Å²) in [7, 11) is 0. The Kier molecular flexibility index (Phi) is 4.86. The van der Waals surface area contributed by atoms with Crippen LogP contribution in [0.15, 0.2) is 36.7 Å². The van der Waals surface area contributed by atoms with Crippen LogP contribution in [0.25, 0.3) is 0 Å². The normalized spacial score (nSPS) is 10.4. The van der Waals surface area contributed by atoms with Crippen molar-refractivity contribution in [1.29, 1.82) is 0 Å². The Morgan fingerprint density at radius 1 is 1.11 bits per heavy atom. The molecule has 0 radical (unpaired) electrons. The molecule has 0 atom stereocenters. The van der Waals surface area contributed by atoms with Gasteiger partial charge in [0, 0.05) is 24.5 Å². The van der Waals surface area contributed by atoms with Gasteiger partial charge in [0.2, 0.25) is 0 Å². The van der Waals surface area contributed by atoms with Gasteiger partial charge in [-0.3, -0.25) is 0 Å². The second kappa shape index (κ2) is 6.85. The molecular weight excluding hydrogens is 238 g/mol. The van der Waals surface area contributed by atoms with Gasteiger partial charge in [-0.25, -0.2) is 9.97 Å². The van der Waals surface area contributed by atoms with Crippen LogP contribution in [-0.4, -0.2) is 16.5 Å². The summed E-state index contributed by atoms with van der Waals surface area (Å²) >= 11 is 0. The molecule has 0 fully saturated rings. The van der Waals surface area contributed by atoms with Crippen LogP contribution in [-0.2, 0) is 13.0 Å². The first kappa shape index (κ1) is 13.5. The van der Waals surface area contributed by atoms with E-state index in [1.807, 2.05) is 18.2 Å². The molecule has 0 aliphatic heterocycles. The number of aryl methyl sites for hydroxylation is 1. The van der Waals surface area contributed by atoms with Crippen molar-refractivity contribution in [2.24, 2.45) is 0 Å². The predicted octanol–water partition coefficient (Wildman–Crippen LogP) is 2.94. The minimum atomic E-state index is 0.390. The van der Waals surface area contributed by atoms with Gasteiger partial charge in [-0.2, -0.15) is 0 Å². The summed E-state index contributed by atoms with van der Waals surface area (Å²) in [5.41, 5.74) is 2.21. The highest BCUT2D eigenvalue weighted by molar-refractivity contribution is 5.34. The van der Waals surface area contributed by atoms with Crippen molar-refractivity contribution in [3.8, 4) is 11.8 Å². The lowest BCUT2D eigenvalue weighted by Gasteiger charge is -2.08. The number of aromatic nitrogens is 2. The molecule has 4 nitrogen and oxygen atoms in total. The Hall–Kier alpha value is -1.94. The number of hydrogen-bond acceptors (Lipinski definition) is 4. The van der Waals surface area contributed by atoms with E-state index in [0.29, 0.717) is 6.01 Å². The molecule has 1 aromatic heterocycles. The fraction of sp³-hybridized carbons (Fsp3) is 0.333. The molecule has 1 aromatic carbocycles. The van der Waals surface area contributed by atoms with Crippen molar-refractivity contribution in [1.82, 2.24) is 15.3 Å². The van der Waals surface area contributed by atoms with Crippen LogP contribution >= 0.6 is 0 Å². The molecule has 0 bridgehead atoms. The van der Waals surface area contributed by atoms with E-state index in [2.05, 4.69) is 35.2 Å². The molecule has 1 heterocycles. The van der Waals surface area contributed by atoms with Crippen LogP contribution in [0.2, 0.25) is 0 Å². The number of rotatable bonds is 6. The monoisotopic (exact) mass is 257 g/mol. The molecule has 4 heteroatoms. The first-order chi connectivity index (χ1) is 9.33. The van der Waals surface area contributed by atoms with E-state index in [1.165, 1.54) is 0 Å². The molecule has 0 unspecified atom stereocenters. The van der Waals surface area contributed by atoms with Crippen LogP contribution in [0.1, 0.15) is 25.0 Å². The van der Waals surface area contributed by atoms with Crippen molar-refractivity contribution in [2.45, 2.75) is 26.8 Å². The molecule has 0 amide bonds. The van der Waals surface area contributed by atoms with Gasteiger partial charge >= 0.3 is 6.01 Å². The van der Waals surface area contributed by atoms with Crippen LogP contribution in [0, 0.1) is 0 Å². The summed E-state index contributed by atoms with van der Waals surface area (Å²) in [6, 6.07) is 8.34. The molecule has 19 heavy (non-hydrogen) atoms. The molecule has 0 saturated heterocycles. The minimum absolute atomic E-state index is 0.390. The molecule has 0 aliphatic rings. The first-order valence-corrected chi connectivity index (χ1v) is 6.60. The molecule has 100 valence electrons. The Labute approximate surface area is 113 Å². The zero-order valence-corrected chi connectivity index (χ0v) is 11.4. The summed E-state index contributed by atoms with van der Waals surface area (Å²) in [5, 5.41) is 3.23. The molecule has 0 saturated carbocycles. The lowest BCUT2D eigenvalue weighted by molar-refractivity contribution is 0.436. The van der Waals surface area contributed by atoms with E-state index >= 15 is 0 Å². The van der Waals surface area contributed by atoms with E-state index < -0.39 is 0 Å². The Balaban J connectivity index is 2.06. The van der Waals surface area contributed by atoms with E-state index in [1.54, 1.807) is 12.4 Å². The predicted molar refractivity (Wildman–Crippen MR) is 75.3 cm³/mol. The fourth-order valence-corrected chi connectivity index (χ4v) is 1.75. The average molecular weight is 257 g/mol. The maximum absolute atomic E-state index is 5.72. The summed E-state index contributed by atoms with van der Waals surface area (Å²) < 4.78 is 5.72. The van der Waals surface area contributed by atoms with Gasteiger partial charge in [0.1, 0.15) is 5.75 Å². The van der Waals surface area contributed by atoms with Gasteiger partial charge in [0.05, 0.1) is 0 Å². The second-order valence-electron chi connectivity index (χ2n) is 4.22. The Morgan fingerprint density at radius 3 is 2.53 bits per heavy atom. The number of ether oxygens (including phenoxy) is 1. The highest BCUT2D eigenvalue weighted by atomic mass is 16.5. The average Bonchev–Trinajstić information content (AvgIpc) is 2.47. The minimum Gasteiger partial charge on any atom is -0.424 e. The SMILES string of the molecule is CCNCc1cnc(Oc2ccccc2CC)nc1. The lowest BCUT2D eigenvalue weighted by Crippen LogP contribution is -2.12. The second-order valence-corrected chi connectivity index (χ2v) is 4.22. The summed E-state index contributed by atoms with van der Waals surface area (Å²) in [5.74, 6) is 0.824. The van der Waals surface area contributed by atoms with Gasteiger partial charge < -0.3 is 10.1 Å². The number of benzene rings is 1. The maximum Gasteiger partial charge on any atom is 0.321 e. The Morgan fingerprint density at radius 2 is 1.84 bits per heavy atom. The van der Waals surface area contributed by atoms with Crippen molar-refractivity contribution in [2.75, 3.05) is 6.54 Å². The van der Waals surface area contributed by atoms with Crippen molar-refractivity contribution < 1.29 is 4.74 Å². The highest BCUT2D eigenvalue weighted by Gasteiger charge is 2.04. The van der Waals surface area contributed by atoms with Gasteiger partial charge in [0.25, 0.3) is 0 Å². The third-order valence-electron chi connectivity index (χ3n) is 2.82. The van der Waals surface area contributed by atoms with Crippen molar-refractivity contribution in [3.63, 3.8) is 0 Å². The largest absolute Gasteiger partial charge is 0.424 e. The smallest absolute Gasteiger partial charge is 0.321 e. The van der Waals surface area contributed by atoms with Gasteiger partial charge in [-0.1, -0.05) is 32.0 Å². The standard InChI is InChI=1S/C15H19N3O/c1-3-13-7-5-6-8-14(13)19-15-17-10-12(11-18-15)9-16-4-2/h5-8,10-11,16H,3-4,9H2,1-2H3. The third-order valence-corrected chi connectivity index (χ3v) is 2.82. The fourth-order valence-electron chi connectivity index (χ4n) is 1.75. The summed E-state index contributed by atoms with van der Waals surface area (Å²) in [6.07, 6.45) is 4.51. The number of nitrogens with one attached hydrogen (secondary N) is 1. The van der Waals surface area contributed by atoms with E-state index in [0.717, 1.165) is 36.4 Å². The van der Waals surface area contributed by atoms with E-state index in [9.17, 15) is 0 Å². The summed E-state index contributed by atoms with van der Waals surface area (Å²) in [6.45, 7) is 5.88. The first-order valence-electron chi connectivity index (χ1n) is 6.60. The van der Waals surface area contributed by atoms with Crippen LogP contribution < -0.4 is 10.1 Å². The summed E-state index contributed by atoms with van der Waals surface area (Å²) in [4.78, 5) is 8.46. The van der Waals surface area contributed by atoms with Crippen LogP contribution in [0.4, 0.5) is 0 Å². The van der Waals surface area contributed by atoms with Crippen LogP contribution in [0.3, 0.4) is 0 Å². The van der Waals surface area contributed by atoms with E-state index in [4.69, 9.17) is 4.74 Å². The van der Waals surface area contributed by atoms with E-state index in [-0.39, 0.29) is 0 Å². The topological polar surface area (TPSA) is 47.0 Å². The number of hydrogen-bond donors (Lipinski definition) is 1. The van der Waals surface area contributed by atoms with Gasteiger partial charge in [-0.05, 0) is 24.6 Å². The van der Waals surface area contributed by atoms with Gasteiger partial charge in [0.15, 0.2) is 0 Å². The highest BCUT2D eigenvalue weighted by Crippen LogP contribution is 2.22. The van der Waals surface area contributed by atoms with Gasteiger partial charge in [-0.15, -0.1) is 0 Å². The third kappa shape index (κ3) is 3.76. The molecule has 2 aromatic rings. The van der Waals surface area contributed by atoms with Crippen molar-refractivity contribution >= 4 is 0 Å². The van der Waals surface area contributed by atoms with Crippen molar-refractivity contribution in [3.05, 3.63) is 47.8 Å². The molecule has 1 N–H and O–H groups in total. The maximum atomic E-state index is 5.72. The lowest BCUT2D eigenvalue weighted by atomic mass is 10.1. The Bertz CT molecular complexity index is 511. The molecule has 0 spiro atoms. The molecule has 0 aliphatic carbocycles. The number of para-hydroxylation sites is 1. The molecular formula is C15H19N3O.